The van der Waals surface area contributed by atoms with Crippen molar-refractivity contribution in [1.82, 2.24) is 9.97 Å². The van der Waals surface area contributed by atoms with Gasteiger partial charge in [0.05, 0.1) is 13.5 Å². The van der Waals surface area contributed by atoms with Gasteiger partial charge in [0.15, 0.2) is 5.69 Å². The summed E-state index contributed by atoms with van der Waals surface area (Å²) in [6, 6.07) is 0.789. The van der Waals surface area contributed by atoms with Gasteiger partial charge >= 0.3 is 12.1 Å². The van der Waals surface area contributed by atoms with Crippen molar-refractivity contribution in [2.24, 2.45) is 11.8 Å². The maximum atomic E-state index is 14.5. The molecule has 1 unspecified atom stereocenters. The van der Waals surface area contributed by atoms with Gasteiger partial charge in [0.1, 0.15) is 11.5 Å². The molecule has 2 heterocycles. The van der Waals surface area contributed by atoms with E-state index >= 15 is 0 Å². The first-order valence-corrected chi connectivity index (χ1v) is 7.15. The standard InChI is InChI=1S/C13H12ClF4N3O2/c1-23-10(22)3-12(15)6-4-21(5-7(6)12)9-2-8(13(16,17)18)19-11(14)20-9/h2,6-7H,3-5H2,1H3/t6-,7+,12?. The second-order valence-corrected chi connectivity index (χ2v) is 6.01. The van der Waals surface area contributed by atoms with Crippen molar-refractivity contribution >= 4 is 23.4 Å². The van der Waals surface area contributed by atoms with Crippen molar-refractivity contribution in [3.63, 3.8) is 0 Å². The Kier molecular flexibility index (Phi) is 3.66. The van der Waals surface area contributed by atoms with Crippen LogP contribution in [0.15, 0.2) is 6.07 Å². The summed E-state index contributed by atoms with van der Waals surface area (Å²) < 4.78 is 57.2. The summed E-state index contributed by atoms with van der Waals surface area (Å²) in [7, 11) is 1.18. The largest absolute Gasteiger partial charge is 0.469 e. The highest BCUT2D eigenvalue weighted by atomic mass is 35.5. The lowest BCUT2D eigenvalue weighted by Gasteiger charge is -2.23. The molecule has 2 fully saturated rings. The fourth-order valence-electron chi connectivity index (χ4n) is 3.13. The molecule has 3 atom stereocenters. The predicted octanol–water partition coefficient (Wildman–Crippen LogP) is 2.49. The molecule has 3 rings (SSSR count). The molecule has 0 bridgehead atoms. The van der Waals surface area contributed by atoms with Crippen LogP contribution in [0.25, 0.3) is 0 Å². The van der Waals surface area contributed by atoms with E-state index in [4.69, 9.17) is 11.6 Å². The van der Waals surface area contributed by atoms with E-state index in [2.05, 4.69) is 14.7 Å². The van der Waals surface area contributed by atoms with Crippen molar-refractivity contribution in [2.45, 2.75) is 18.3 Å². The molecular formula is C13H12ClF4N3O2. The van der Waals surface area contributed by atoms with E-state index in [9.17, 15) is 22.4 Å². The third-order valence-corrected chi connectivity index (χ3v) is 4.56. The fraction of sp³-hybridized carbons (Fsp3) is 0.615. The van der Waals surface area contributed by atoms with Crippen LogP contribution >= 0.6 is 11.6 Å². The molecule has 1 aromatic heterocycles. The number of alkyl halides is 4. The maximum absolute atomic E-state index is 14.5. The van der Waals surface area contributed by atoms with Crippen LogP contribution in [-0.4, -0.2) is 41.8 Å². The number of halogens is 5. The van der Waals surface area contributed by atoms with E-state index < -0.39 is 40.6 Å². The number of anilines is 1. The van der Waals surface area contributed by atoms with Crippen LogP contribution < -0.4 is 4.90 Å². The second-order valence-electron chi connectivity index (χ2n) is 5.68. The average molecular weight is 354 g/mol. The number of piperidine rings is 1. The molecule has 23 heavy (non-hydrogen) atoms. The number of carbonyl (C=O) groups excluding carboxylic acids is 1. The van der Waals surface area contributed by atoms with Gasteiger partial charge < -0.3 is 9.64 Å². The zero-order valence-corrected chi connectivity index (χ0v) is 12.7. The number of ether oxygens (including phenoxy) is 1. The van der Waals surface area contributed by atoms with Gasteiger partial charge in [-0.25, -0.2) is 14.4 Å². The number of fused-ring (bicyclic) bond motifs is 1. The normalized spacial score (nSPS) is 29.4. The summed E-state index contributed by atoms with van der Waals surface area (Å²) in [6.07, 6.45) is -4.98. The Morgan fingerprint density at radius 1 is 1.43 bits per heavy atom. The summed E-state index contributed by atoms with van der Waals surface area (Å²) in [6.45, 7) is 0.339. The molecule has 2 aliphatic rings. The van der Waals surface area contributed by atoms with E-state index in [1.807, 2.05) is 0 Å². The minimum atomic E-state index is -4.64. The molecule has 0 radical (unpaired) electrons. The molecule has 0 spiro atoms. The maximum Gasteiger partial charge on any atom is 0.433 e. The van der Waals surface area contributed by atoms with E-state index in [1.54, 1.807) is 0 Å². The van der Waals surface area contributed by atoms with Crippen molar-refractivity contribution < 1.29 is 27.1 Å². The molecule has 0 aromatic carbocycles. The second kappa shape index (κ2) is 5.19. The summed E-state index contributed by atoms with van der Waals surface area (Å²) >= 11 is 5.54. The van der Waals surface area contributed by atoms with Gasteiger partial charge in [-0.2, -0.15) is 13.2 Å². The molecule has 1 aromatic rings. The number of rotatable bonds is 3. The van der Waals surface area contributed by atoms with Crippen molar-refractivity contribution in [3.8, 4) is 0 Å². The van der Waals surface area contributed by atoms with Gasteiger partial charge in [0, 0.05) is 31.0 Å². The Morgan fingerprint density at radius 2 is 2.04 bits per heavy atom. The van der Waals surface area contributed by atoms with Gasteiger partial charge in [-0.15, -0.1) is 0 Å². The topological polar surface area (TPSA) is 55.3 Å². The zero-order chi connectivity index (χ0) is 17.0. The molecule has 10 heteroatoms. The molecule has 0 amide bonds. The Bertz CT molecular complexity index is 643. The highest BCUT2D eigenvalue weighted by Crippen LogP contribution is 2.60. The predicted molar refractivity (Wildman–Crippen MR) is 71.7 cm³/mol. The first kappa shape index (κ1) is 16.2. The molecule has 1 saturated carbocycles. The third-order valence-electron chi connectivity index (χ3n) is 4.39. The SMILES string of the molecule is COC(=O)CC1(F)[C@@H]2CN(c3cc(C(F)(F)F)nc(Cl)n3)C[C@@H]21. The van der Waals surface area contributed by atoms with Gasteiger partial charge in [-0.1, -0.05) is 0 Å². The van der Waals surface area contributed by atoms with Crippen LogP contribution in [0, 0.1) is 11.8 Å². The number of esters is 1. The van der Waals surface area contributed by atoms with Crippen LogP contribution in [0.4, 0.5) is 23.4 Å². The average Bonchev–Trinajstić information content (AvgIpc) is 2.85. The first-order chi connectivity index (χ1) is 10.6. The minimum Gasteiger partial charge on any atom is -0.469 e. The number of methoxy groups -OCH3 is 1. The van der Waals surface area contributed by atoms with E-state index in [0.29, 0.717) is 0 Å². The van der Waals surface area contributed by atoms with Gasteiger partial charge in [-0.05, 0) is 11.6 Å². The Labute approximate surface area is 133 Å². The molecule has 1 saturated heterocycles. The molecule has 1 aliphatic carbocycles. The zero-order valence-electron chi connectivity index (χ0n) is 11.9. The van der Waals surface area contributed by atoms with Crippen LogP contribution in [0.5, 0.6) is 0 Å². The molecule has 5 nitrogen and oxygen atoms in total. The smallest absolute Gasteiger partial charge is 0.433 e. The summed E-state index contributed by atoms with van der Waals surface area (Å²) in [5.74, 6) is -1.49. The summed E-state index contributed by atoms with van der Waals surface area (Å²) in [5.41, 5.74) is -2.79. The Hall–Kier alpha value is -1.64. The van der Waals surface area contributed by atoms with E-state index in [0.717, 1.165) is 6.07 Å². The monoisotopic (exact) mass is 353 g/mol. The first-order valence-electron chi connectivity index (χ1n) is 6.77. The molecule has 1 aliphatic heterocycles. The van der Waals surface area contributed by atoms with Crippen LogP contribution in [0.3, 0.4) is 0 Å². The lowest BCUT2D eigenvalue weighted by Crippen LogP contribution is -2.31. The fourth-order valence-corrected chi connectivity index (χ4v) is 3.31. The minimum absolute atomic E-state index is 0.00458. The van der Waals surface area contributed by atoms with E-state index in [-0.39, 0.29) is 25.3 Å². The van der Waals surface area contributed by atoms with Gasteiger partial charge in [0.25, 0.3) is 0 Å². The number of nitrogens with zero attached hydrogens (tertiary/aromatic N) is 3. The van der Waals surface area contributed by atoms with Crippen LogP contribution in [-0.2, 0) is 15.7 Å². The lowest BCUT2D eigenvalue weighted by molar-refractivity contribution is -0.143. The highest BCUT2D eigenvalue weighted by Gasteiger charge is 2.70. The van der Waals surface area contributed by atoms with Crippen molar-refractivity contribution in [3.05, 3.63) is 17.0 Å². The quantitative estimate of drug-likeness (QED) is 0.475. The highest BCUT2D eigenvalue weighted by molar-refractivity contribution is 6.28. The molecule has 126 valence electrons. The Balaban J connectivity index is 1.73. The molecular weight excluding hydrogens is 342 g/mol. The number of hydrogen-bond acceptors (Lipinski definition) is 5. The van der Waals surface area contributed by atoms with Crippen LogP contribution in [0.1, 0.15) is 12.1 Å². The van der Waals surface area contributed by atoms with Crippen molar-refractivity contribution in [2.75, 3.05) is 25.1 Å². The number of aromatic nitrogens is 2. The Morgan fingerprint density at radius 3 is 2.57 bits per heavy atom. The number of carbonyl (C=O) groups is 1. The lowest BCUT2D eigenvalue weighted by atomic mass is 10.1. The number of hydrogen-bond donors (Lipinski definition) is 0. The van der Waals surface area contributed by atoms with E-state index in [1.165, 1.54) is 12.0 Å². The van der Waals surface area contributed by atoms with Crippen molar-refractivity contribution in [1.29, 1.82) is 0 Å². The molecule has 0 N–H and O–H groups in total. The summed E-state index contributed by atoms with van der Waals surface area (Å²) in [4.78, 5) is 19.7. The third kappa shape index (κ3) is 2.82. The van der Waals surface area contributed by atoms with Gasteiger partial charge in [0.2, 0.25) is 5.28 Å². The van der Waals surface area contributed by atoms with Gasteiger partial charge in [-0.3, -0.25) is 4.79 Å². The summed E-state index contributed by atoms with van der Waals surface area (Å²) in [5, 5.41) is -0.517. The van der Waals surface area contributed by atoms with Crippen LogP contribution in [0.2, 0.25) is 5.28 Å².